The van der Waals surface area contributed by atoms with Crippen molar-refractivity contribution in [3.05, 3.63) is 34.9 Å². The van der Waals surface area contributed by atoms with E-state index in [1.54, 1.807) is 31.2 Å². The lowest BCUT2D eigenvalue weighted by Gasteiger charge is -2.49. The number of rotatable bonds is 2. The largest absolute Gasteiger partial charge is 0.465 e. The Morgan fingerprint density at radius 2 is 1.89 bits per heavy atom. The molecule has 2 fully saturated rings. The fourth-order valence-corrected chi connectivity index (χ4v) is 4.41. The monoisotopic (exact) mass is 395 g/mol. The number of halogens is 1. The van der Waals surface area contributed by atoms with E-state index in [-0.39, 0.29) is 19.4 Å². The summed E-state index contributed by atoms with van der Waals surface area (Å²) in [6.07, 6.45) is -0.481. The maximum Gasteiger partial charge on any atom is 0.407 e. The molecule has 0 saturated carbocycles. The summed E-state index contributed by atoms with van der Waals surface area (Å²) in [6, 6.07) is 6.57. The summed E-state index contributed by atoms with van der Waals surface area (Å²) in [4.78, 5) is 38.4. The van der Waals surface area contributed by atoms with E-state index in [1.807, 2.05) is 0 Å². The molecule has 1 N–H and O–H groups in total. The molecule has 1 amide bonds. The second kappa shape index (κ2) is 6.71. The highest BCUT2D eigenvalue weighted by molar-refractivity contribution is 6.30. The second-order valence-corrected chi connectivity index (χ2v) is 8.06. The summed E-state index contributed by atoms with van der Waals surface area (Å²) in [7, 11) is 0. The van der Waals surface area contributed by atoms with Gasteiger partial charge in [0.25, 0.3) is 5.79 Å². The first-order chi connectivity index (χ1) is 12.6. The third kappa shape index (κ3) is 3.48. The molecule has 0 spiro atoms. The van der Waals surface area contributed by atoms with Gasteiger partial charge in [-0.25, -0.2) is 4.79 Å². The van der Waals surface area contributed by atoms with E-state index in [2.05, 4.69) is 0 Å². The highest BCUT2D eigenvalue weighted by Gasteiger charge is 2.57. The topological polar surface area (TPSA) is 93.1 Å². The van der Waals surface area contributed by atoms with Crippen LogP contribution in [-0.2, 0) is 24.5 Å². The number of cyclic esters (lactones) is 2. The number of carboxylic acid groups (broad SMARTS) is 1. The zero-order valence-electron chi connectivity index (χ0n) is 15.4. The average molecular weight is 396 g/mol. The number of amides is 1. The van der Waals surface area contributed by atoms with E-state index in [4.69, 9.17) is 21.1 Å². The van der Waals surface area contributed by atoms with E-state index in [1.165, 1.54) is 18.7 Å². The fraction of sp³-hybridized carbons (Fsp3) is 0.526. The third-order valence-corrected chi connectivity index (χ3v) is 5.59. The van der Waals surface area contributed by atoms with Crippen LogP contribution < -0.4 is 0 Å². The Morgan fingerprint density at radius 3 is 2.41 bits per heavy atom. The van der Waals surface area contributed by atoms with Crippen LogP contribution in [-0.4, -0.2) is 46.4 Å². The molecule has 2 aliphatic heterocycles. The Bertz CT molecular complexity index is 774. The molecule has 27 heavy (non-hydrogen) atoms. The molecular formula is C19H22ClNO6. The lowest BCUT2D eigenvalue weighted by atomic mass is 9.62. The van der Waals surface area contributed by atoms with Crippen LogP contribution in [0.2, 0.25) is 5.02 Å². The van der Waals surface area contributed by atoms with Gasteiger partial charge in [-0.15, -0.1) is 0 Å². The van der Waals surface area contributed by atoms with Crippen LogP contribution in [0.3, 0.4) is 0 Å². The molecule has 146 valence electrons. The van der Waals surface area contributed by atoms with Crippen LogP contribution in [0.4, 0.5) is 4.79 Å². The van der Waals surface area contributed by atoms with Crippen molar-refractivity contribution in [1.29, 1.82) is 0 Å². The summed E-state index contributed by atoms with van der Waals surface area (Å²) in [6.45, 7) is 4.95. The first kappa shape index (κ1) is 19.5. The van der Waals surface area contributed by atoms with Gasteiger partial charge in [0.05, 0.1) is 0 Å². The fourth-order valence-electron chi connectivity index (χ4n) is 4.22. The zero-order valence-corrected chi connectivity index (χ0v) is 16.2. The number of carbonyl (C=O) groups is 3. The SMILES string of the molecule is C[C@H]1CC(c2cccc(Cl)c2)(C2C(=O)OC(C)(C)OC2=O)CCN1C(=O)O. The zero-order chi connectivity index (χ0) is 20.0. The van der Waals surface area contributed by atoms with Crippen molar-refractivity contribution in [2.24, 2.45) is 5.92 Å². The molecule has 2 heterocycles. The number of ether oxygens (including phenoxy) is 2. The van der Waals surface area contributed by atoms with E-state index >= 15 is 0 Å². The van der Waals surface area contributed by atoms with Gasteiger partial charge in [-0.1, -0.05) is 23.7 Å². The number of likely N-dealkylation sites (tertiary alicyclic amines) is 1. The second-order valence-electron chi connectivity index (χ2n) is 7.62. The van der Waals surface area contributed by atoms with Gasteiger partial charge in [0, 0.05) is 36.9 Å². The lowest BCUT2D eigenvalue weighted by Crippen LogP contribution is -2.59. The van der Waals surface area contributed by atoms with Gasteiger partial charge in [-0.3, -0.25) is 9.59 Å². The molecule has 1 aromatic rings. The molecule has 2 atom stereocenters. The standard InChI is InChI=1S/C19H22ClNO6/c1-11-10-19(7-8-21(11)17(24)25,12-5-4-6-13(20)9-12)14-15(22)26-18(2,3)27-16(14)23/h4-6,9,11,14H,7-8,10H2,1-3H3,(H,24,25)/t11-,19?/m0/s1. The van der Waals surface area contributed by atoms with Gasteiger partial charge < -0.3 is 19.5 Å². The van der Waals surface area contributed by atoms with E-state index in [9.17, 15) is 19.5 Å². The highest BCUT2D eigenvalue weighted by atomic mass is 35.5. The molecule has 2 saturated heterocycles. The molecule has 7 nitrogen and oxygen atoms in total. The third-order valence-electron chi connectivity index (χ3n) is 5.35. The molecule has 0 aliphatic carbocycles. The van der Waals surface area contributed by atoms with Crippen molar-refractivity contribution in [3.63, 3.8) is 0 Å². The van der Waals surface area contributed by atoms with Gasteiger partial charge in [0.1, 0.15) is 0 Å². The average Bonchev–Trinajstić information content (AvgIpc) is 2.52. The summed E-state index contributed by atoms with van der Waals surface area (Å²) >= 11 is 6.16. The minimum atomic E-state index is -1.33. The first-order valence-corrected chi connectivity index (χ1v) is 9.15. The van der Waals surface area contributed by atoms with Crippen LogP contribution in [0.25, 0.3) is 0 Å². The summed E-state index contributed by atoms with van der Waals surface area (Å²) in [5, 5.41) is 9.87. The van der Waals surface area contributed by atoms with Crippen LogP contribution in [0, 0.1) is 5.92 Å². The number of hydrogen-bond acceptors (Lipinski definition) is 5. The molecule has 1 unspecified atom stereocenters. The predicted octanol–water partition coefficient (Wildman–Crippen LogP) is 3.19. The Hall–Kier alpha value is -2.28. The lowest BCUT2D eigenvalue weighted by molar-refractivity contribution is -0.244. The van der Waals surface area contributed by atoms with E-state index in [0.717, 1.165) is 0 Å². The van der Waals surface area contributed by atoms with E-state index in [0.29, 0.717) is 10.6 Å². The quantitative estimate of drug-likeness (QED) is 0.610. The normalized spacial score (nSPS) is 28.4. The molecule has 2 aliphatic rings. The van der Waals surface area contributed by atoms with Crippen LogP contribution in [0.1, 0.15) is 39.2 Å². The number of benzene rings is 1. The van der Waals surface area contributed by atoms with Gasteiger partial charge in [0.2, 0.25) is 0 Å². The molecular weight excluding hydrogens is 374 g/mol. The maximum absolute atomic E-state index is 12.8. The van der Waals surface area contributed by atoms with Crippen LogP contribution in [0.5, 0.6) is 0 Å². The minimum Gasteiger partial charge on any atom is -0.465 e. The van der Waals surface area contributed by atoms with Crippen molar-refractivity contribution in [2.45, 2.75) is 50.9 Å². The molecule has 0 bridgehead atoms. The van der Waals surface area contributed by atoms with Crippen LogP contribution in [0.15, 0.2) is 24.3 Å². The van der Waals surface area contributed by atoms with Crippen molar-refractivity contribution >= 4 is 29.6 Å². The molecule has 1 aromatic carbocycles. The van der Waals surface area contributed by atoms with Crippen molar-refractivity contribution < 1.29 is 29.0 Å². The Kier molecular flexibility index (Phi) is 4.84. The molecule has 0 radical (unpaired) electrons. The summed E-state index contributed by atoms with van der Waals surface area (Å²) < 4.78 is 10.7. The Balaban J connectivity index is 2.08. The summed E-state index contributed by atoms with van der Waals surface area (Å²) in [5.74, 6) is -3.82. The van der Waals surface area contributed by atoms with Gasteiger partial charge in [0.15, 0.2) is 5.92 Å². The predicted molar refractivity (Wildman–Crippen MR) is 96.3 cm³/mol. The van der Waals surface area contributed by atoms with Crippen LogP contribution >= 0.6 is 11.6 Å². The highest BCUT2D eigenvalue weighted by Crippen LogP contribution is 2.47. The van der Waals surface area contributed by atoms with Gasteiger partial charge in [-0.2, -0.15) is 0 Å². The van der Waals surface area contributed by atoms with Gasteiger partial charge in [-0.05, 0) is 37.5 Å². The summed E-state index contributed by atoms with van der Waals surface area (Å²) in [5.41, 5.74) is -0.258. The number of hydrogen-bond donors (Lipinski definition) is 1. The number of carbonyl (C=O) groups excluding carboxylic acids is 2. The van der Waals surface area contributed by atoms with Crippen molar-refractivity contribution in [3.8, 4) is 0 Å². The minimum absolute atomic E-state index is 0.184. The smallest absolute Gasteiger partial charge is 0.407 e. The van der Waals surface area contributed by atoms with E-state index < -0.39 is 41.2 Å². The van der Waals surface area contributed by atoms with Crippen molar-refractivity contribution in [2.75, 3.05) is 6.54 Å². The van der Waals surface area contributed by atoms with Crippen molar-refractivity contribution in [1.82, 2.24) is 4.90 Å². The maximum atomic E-state index is 12.8. The molecule has 0 aromatic heterocycles. The number of piperidine rings is 1. The number of nitrogens with zero attached hydrogens (tertiary/aromatic N) is 1. The Morgan fingerprint density at radius 1 is 1.26 bits per heavy atom. The first-order valence-electron chi connectivity index (χ1n) is 8.77. The Labute approximate surface area is 162 Å². The number of esters is 2. The van der Waals surface area contributed by atoms with Gasteiger partial charge >= 0.3 is 18.0 Å². The molecule has 8 heteroatoms. The molecule has 3 rings (SSSR count).